The van der Waals surface area contributed by atoms with Crippen LogP contribution < -0.4 is 10.5 Å². The van der Waals surface area contributed by atoms with Crippen molar-refractivity contribution in [1.82, 2.24) is 9.78 Å². The largest absolute Gasteiger partial charge is 0.481 e. The van der Waals surface area contributed by atoms with Crippen molar-refractivity contribution in [3.05, 3.63) is 57.5 Å². The molecule has 1 N–H and O–H groups in total. The highest BCUT2D eigenvalue weighted by Gasteiger charge is 2.42. The van der Waals surface area contributed by atoms with E-state index in [9.17, 15) is 22.8 Å². The van der Waals surface area contributed by atoms with Gasteiger partial charge in [0.2, 0.25) is 0 Å². The van der Waals surface area contributed by atoms with Crippen LogP contribution in [0.3, 0.4) is 0 Å². The Balaban J connectivity index is 1.90. The molecule has 12 heteroatoms. The van der Waals surface area contributed by atoms with Gasteiger partial charge in [-0.3, -0.25) is 9.59 Å². The molecule has 0 radical (unpaired) electrons. The lowest BCUT2D eigenvalue weighted by Crippen LogP contribution is -2.36. The molecule has 1 unspecified atom stereocenters. The van der Waals surface area contributed by atoms with Crippen LogP contribution in [0.5, 0.6) is 0 Å². The highest BCUT2D eigenvalue weighted by molar-refractivity contribution is 6.76. The molecule has 8 nitrogen and oxygen atoms in total. The fourth-order valence-electron chi connectivity index (χ4n) is 3.84. The van der Waals surface area contributed by atoms with Crippen LogP contribution in [0.4, 0.5) is 18.9 Å². The third kappa shape index (κ3) is 6.92. The standard InChI is InChI=1S/C23H30F3N3O5Si/c1-35(2,3)11-10-34-15-29-22(32)21(23(24,25)26)18(12-27-29)28-13-16-6-4-5-7-17(16)19(28)14-33-9-8-20(30)31/h4-7,12,19H,8-11,13-15H2,1-3H3,(H,30,31). The van der Waals surface area contributed by atoms with Gasteiger partial charge in [0.05, 0.1) is 37.6 Å². The lowest BCUT2D eigenvalue weighted by Gasteiger charge is -2.29. The van der Waals surface area contributed by atoms with E-state index in [1.807, 2.05) is 0 Å². The molecule has 1 aliphatic rings. The number of rotatable bonds is 11. The third-order valence-electron chi connectivity index (χ3n) is 5.69. The second-order valence-corrected chi connectivity index (χ2v) is 15.2. The fraction of sp³-hybridized carbons (Fsp3) is 0.522. The van der Waals surface area contributed by atoms with E-state index in [-0.39, 0.29) is 38.6 Å². The van der Waals surface area contributed by atoms with Crippen molar-refractivity contribution in [2.75, 3.05) is 24.7 Å². The molecule has 0 saturated carbocycles. The molecule has 0 saturated heterocycles. The minimum Gasteiger partial charge on any atom is -0.481 e. The quantitative estimate of drug-likeness (QED) is 0.357. The van der Waals surface area contributed by atoms with Gasteiger partial charge in [-0.1, -0.05) is 43.9 Å². The number of hydrogen-bond acceptors (Lipinski definition) is 6. The van der Waals surface area contributed by atoms with Gasteiger partial charge < -0.3 is 19.5 Å². The number of carboxylic acid groups (broad SMARTS) is 1. The van der Waals surface area contributed by atoms with E-state index in [0.29, 0.717) is 11.3 Å². The Kier molecular flexibility index (Phi) is 8.39. The Bertz CT molecular complexity index is 1100. The molecule has 0 spiro atoms. The number of nitrogens with zero attached hydrogens (tertiary/aromatic N) is 3. The number of ether oxygens (including phenoxy) is 2. The summed E-state index contributed by atoms with van der Waals surface area (Å²) >= 11 is 0. The molecule has 1 atom stereocenters. The average molecular weight is 514 g/mol. The van der Waals surface area contributed by atoms with Crippen molar-refractivity contribution in [2.24, 2.45) is 0 Å². The van der Waals surface area contributed by atoms with Crippen LogP contribution in [0.2, 0.25) is 25.7 Å². The van der Waals surface area contributed by atoms with Gasteiger partial charge in [0, 0.05) is 21.2 Å². The summed E-state index contributed by atoms with van der Waals surface area (Å²) in [5, 5.41) is 12.8. The number of hydrogen-bond donors (Lipinski definition) is 1. The lowest BCUT2D eigenvalue weighted by molar-refractivity contribution is -0.139. The number of aliphatic carboxylic acids is 1. The predicted molar refractivity (Wildman–Crippen MR) is 126 cm³/mol. The Hall–Kier alpha value is -2.70. The molecule has 192 valence electrons. The highest BCUT2D eigenvalue weighted by atomic mass is 28.3. The maximum absolute atomic E-state index is 14.1. The molecule has 0 fully saturated rings. The van der Waals surface area contributed by atoms with Crippen molar-refractivity contribution >= 4 is 19.7 Å². The number of benzene rings is 1. The molecular weight excluding hydrogens is 483 g/mol. The Morgan fingerprint density at radius 2 is 1.91 bits per heavy atom. The van der Waals surface area contributed by atoms with Gasteiger partial charge >= 0.3 is 12.1 Å². The van der Waals surface area contributed by atoms with Crippen LogP contribution in [-0.2, 0) is 33.7 Å². The molecular formula is C23H30F3N3O5Si. The first-order valence-corrected chi connectivity index (χ1v) is 15.0. The first-order valence-electron chi connectivity index (χ1n) is 11.3. The number of fused-ring (bicyclic) bond motifs is 1. The summed E-state index contributed by atoms with van der Waals surface area (Å²) in [6.07, 6.45) is -4.10. The second kappa shape index (κ2) is 10.9. The van der Waals surface area contributed by atoms with Crippen molar-refractivity contribution in [3.8, 4) is 0 Å². The summed E-state index contributed by atoms with van der Waals surface area (Å²) < 4.78 is 54.0. The Morgan fingerprint density at radius 1 is 1.20 bits per heavy atom. The van der Waals surface area contributed by atoms with Gasteiger partial charge in [0.1, 0.15) is 12.3 Å². The molecule has 2 heterocycles. The topological polar surface area (TPSA) is 93.9 Å². The van der Waals surface area contributed by atoms with Gasteiger partial charge in [-0.05, 0) is 17.2 Å². The number of anilines is 1. The predicted octanol–water partition coefficient (Wildman–Crippen LogP) is 4.13. The van der Waals surface area contributed by atoms with Gasteiger partial charge in [0.15, 0.2) is 0 Å². The van der Waals surface area contributed by atoms with Crippen LogP contribution in [-0.4, -0.2) is 48.8 Å². The zero-order valence-corrected chi connectivity index (χ0v) is 21.0. The summed E-state index contributed by atoms with van der Waals surface area (Å²) in [6, 6.07) is 7.31. The zero-order valence-electron chi connectivity index (χ0n) is 20.0. The SMILES string of the molecule is C[Si](C)(C)CCOCn1ncc(N2Cc3ccccc3C2COCCC(=O)O)c(C(F)(F)F)c1=O. The molecule has 35 heavy (non-hydrogen) atoms. The van der Waals surface area contributed by atoms with E-state index in [2.05, 4.69) is 24.7 Å². The minimum absolute atomic E-state index is 0.0372. The fourth-order valence-corrected chi connectivity index (χ4v) is 4.59. The zero-order chi connectivity index (χ0) is 25.8. The molecule has 0 amide bonds. The van der Waals surface area contributed by atoms with E-state index in [4.69, 9.17) is 14.6 Å². The molecule has 1 aromatic heterocycles. The van der Waals surface area contributed by atoms with Crippen LogP contribution in [0.15, 0.2) is 35.3 Å². The molecule has 1 aliphatic heterocycles. The van der Waals surface area contributed by atoms with E-state index in [1.54, 1.807) is 24.3 Å². The number of halogens is 3. The molecule has 1 aromatic carbocycles. The van der Waals surface area contributed by atoms with Gasteiger partial charge in [-0.2, -0.15) is 18.3 Å². The van der Waals surface area contributed by atoms with Gasteiger partial charge in [0.25, 0.3) is 5.56 Å². The Morgan fingerprint density at radius 3 is 2.57 bits per heavy atom. The van der Waals surface area contributed by atoms with Crippen LogP contribution in [0, 0.1) is 0 Å². The summed E-state index contributed by atoms with van der Waals surface area (Å²) in [5.41, 5.74) is -1.38. The van der Waals surface area contributed by atoms with Crippen molar-refractivity contribution in [1.29, 1.82) is 0 Å². The van der Waals surface area contributed by atoms with Crippen molar-refractivity contribution < 1.29 is 32.5 Å². The monoisotopic (exact) mass is 513 g/mol. The third-order valence-corrected chi connectivity index (χ3v) is 7.40. The second-order valence-electron chi connectivity index (χ2n) is 9.62. The maximum atomic E-state index is 14.1. The van der Waals surface area contributed by atoms with Crippen molar-refractivity contribution in [3.63, 3.8) is 0 Å². The van der Waals surface area contributed by atoms with Crippen molar-refractivity contribution in [2.45, 2.75) is 57.6 Å². The molecule has 2 aromatic rings. The van der Waals surface area contributed by atoms with Crippen LogP contribution in [0.1, 0.15) is 29.2 Å². The van der Waals surface area contributed by atoms with Gasteiger partial charge in [-0.15, -0.1) is 0 Å². The van der Waals surface area contributed by atoms with Crippen LogP contribution >= 0.6 is 0 Å². The summed E-state index contributed by atoms with van der Waals surface area (Å²) in [7, 11) is -1.40. The highest BCUT2D eigenvalue weighted by Crippen LogP contribution is 2.42. The van der Waals surface area contributed by atoms with Gasteiger partial charge in [-0.25, -0.2) is 4.68 Å². The maximum Gasteiger partial charge on any atom is 0.423 e. The molecule has 0 aliphatic carbocycles. The normalized spacial score (nSPS) is 15.9. The van der Waals surface area contributed by atoms with Crippen LogP contribution in [0.25, 0.3) is 0 Å². The summed E-state index contributed by atoms with van der Waals surface area (Å²) in [5.74, 6) is -1.03. The molecule has 3 rings (SSSR count). The Labute approximate surface area is 202 Å². The number of carboxylic acids is 1. The summed E-state index contributed by atoms with van der Waals surface area (Å²) in [4.78, 5) is 25.1. The first-order chi connectivity index (χ1) is 16.4. The number of carbonyl (C=O) groups is 1. The number of alkyl halides is 3. The lowest BCUT2D eigenvalue weighted by atomic mass is 10.1. The van der Waals surface area contributed by atoms with E-state index < -0.39 is 37.4 Å². The smallest absolute Gasteiger partial charge is 0.423 e. The number of aromatic nitrogens is 2. The minimum atomic E-state index is -4.92. The van der Waals surface area contributed by atoms with E-state index in [1.165, 1.54) is 4.90 Å². The molecule has 0 bridgehead atoms. The van der Waals surface area contributed by atoms with E-state index >= 15 is 0 Å². The first kappa shape index (κ1) is 26.9. The van der Waals surface area contributed by atoms with E-state index in [0.717, 1.165) is 23.4 Å². The average Bonchev–Trinajstić information content (AvgIpc) is 3.11. The summed E-state index contributed by atoms with van der Waals surface area (Å²) in [6.45, 7) is 6.42.